The zero-order chi connectivity index (χ0) is 19.2. The first kappa shape index (κ1) is 20.9. The first-order valence-corrected chi connectivity index (χ1v) is 9.69. The Balaban J connectivity index is 0.000000550. The summed E-state index contributed by atoms with van der Waals surface area (Å²) < 4.78 is 25.9. The molecule has 1 aromatic carbocycles. The van der Waals surface area contributed by atoms with Gasteiger partial charge in [-0.1, -0.05) is 38.1 Å². The van der Waals surface area contributed by atoms with E-state index in [1.54, 1.807) is 0 Å². The SMILES string of the molecule is CC(C)C1CCC(C(=O)N=C(N)N)=Cc2ccccc21.CS(=O)(=O)O. The van der Waals surface area contributed by atoms with Gasteiger partial charge in [-0.25, -0.2) is 0 Å². The standard InChI is InChI=1S/C16H21N3O.CH4O3S/c1-10(2)13-8-7-12(15(20)19-16(17)18)9-11-5-3-4-6-14(11)13;1-5(2,3)4/h3-6,9-10,13H,7-8H2,1-2H3,(H4,17,18,19,20);1H3,(H,2,3,4). The Labute approximate surface area is 148 Å². The van der Waals surface area contributed by atoms with Gasteiger partial charge in [-0.2, -0.15) is 13.4 Å². The van der Waals surface area contributed by atoms with Crippen molar-refractivity contribution < 1.29 is 17.8 Å². The molecule has 1 amide bonds. The van der Waals surface area contributed by atoms with Crippen molar-refractivity contribution in [2.75, 3.05) is 6.26 Å². The molecule has 1 aliphatic carbocycles. The van der Waals surface area contributed by atoms with Gasteiger partial charge >= 0.3 is 0 Å². The normalized spacial score (nSPS) is 16.7. The maximum absolute atomic E-state index is 12.0. The second-order valence-electron chi connectivity index (χ2n) is 6.26. The van der Waals surface area contributed by atoms with E-state index in [1.807, 2.05) is 24.3 Å². The van der Waals surface area contributed by atoms with Crippen molar-refractivity contribution in [2.45, 2.75) is 32.6 Å². The van der Waals surface area contributed by atoms with Crippen LogP contribution in [0.5, 0.6) is 0 Å². The summed E-state index contributed by atoms with van der Waals surface area (Å²) in [6.45, 7) is 4.43. The summed E-state index contributed by atoms with van der Waals surface area (Å²) in [6, 6.07) is 8.22. The summed E-state index contributed by atoms with van der Waals surface area (Å²) >= 11 is 0. The number of guanidine groups is 1. The highest BCUT2D eigenvalue weighted by molar-refractivity contribution is 7.85. The zero-order valence-electron chi connectivity index (χ0n) is 14.6. The highest BCUT2D eigenvalue weighted by atomic mass is 32.2. The summed E-state index contributed by atoms with van der Waals surface area (Å²) in [7, 11) is -3.67. The molecular weight excluding hydrogens is 342 g/mol. The van der Waals surface area contributed by atoms with Crippen LogP contribution in [0.2, 0.25) is 0 Å². The molecule has 1 aliphatic rings. The molecule has 138 valence electrons. The van der Waals surface area contributed by atoms with Crippen LogP contribution in [0.1, 0.15) is 43.7 Å². The van der Waals surface area contributed by atoms with Crippen LogP contribution in [0.3, 0.4) is 0 Å². The minimum absolute atomic E-state index is 0.186. The molecule has 2 rings (SSSR count). The molecule has 0 aromatic heterocycles. The number of fused-ring (bicyclic) bond motifs is 1. The fraction of sp³-hybridized carbons (Fsp3) is 0.412. The van der Waals surface area contributed by atoms with Crippen molar-refractivity contribution in [1.29, 1.82) is 0 Å². The lowest BCUT2D eigenvalue weighted by molar-refractivity contribution is -0.114. The monoisotopic (exact) mass is 367 g/mol. The molecule has 7 nitrogen and oxygen atoms in total. The third-order valence-electron chi connectivity index (χ3n) is 3.76. The minimum Gasteiger partial charge on any atom is -0.370 e. The zero-order valence-corrected chi connectivity index (χ0v) is 15.5. The first-order valence-electron chi connectivity index (χ1n) is 7.85. The van der Waals surface area contributed by atoms with E-state index in [1.165, 1.54) is 5.56 Å². The second-order valence-corrected chi connectivity index (χ2v) is 7.73. The molecule has 0 saturated carbocycles. The number of benzene rings is 1. The third kappa shape index (κ3) is 7.49. The number of carbonyl (C=O) groups excluding carboxylic acids is 1. The van der Waals surface area contributed by atoms with Crippen molar-refractivity contribution in [2.24, 2.45) is 22.4 Å². The van der Waals surface area contributed by atoms with Crippen molar-refractivity contribution in [3.05, 3.63) is 41.0 Å². The number of nitrogens with two attached hydrogens (primary N) is 2. The van der Waals surface area contributed by atoms with E-state index >= 15 is 0 Å². The number of rotatable bonds is 2. The molecule has 0 spiro atoms. The maximum Gasteiger partial charge on any atom is 0.276 e. The average Bonchev–Trinajstić information content (AvgIpc) is 2.64. The van der Waals surface area contributed by atoms with Crippen LogP contribution in [0.15, 0.2) is 34.8 Å². The topological polar surface area (TPSA) is 136 Å². The molecule has 1 atom stereocenters. The van der Waals surface area contributed by atoms with Gasteiger partial charge in [0.25, 0.3) is 16.0 Å². The van der Waals surface area contributed by atoms with Crippen LogP contribution in [-0.4, -0.2) is 31.1 Å². The Kier molecular flexibility index (Phi) is 7.32. The van der Waals surface area contributed by atoms with E-state index in [0.29, 0.717) is 30.1 Å². The number of hydrogen-bond donors (Lipinski definition) is 3. The molecule has 0 radical (unpaired) electrons. The number of hydrogen-bond acceptors (Lipinski definition) is 3. The van der Waals surface area contributed by atoms with Crippen LogP contribution < -0.4 is 11.5 Å². The summed E-state index contributed by atoms with van der Waals surface area (Å²) in [4.78, 5) is 15.7. The molecule has 0 heterocycles. The lowest BCUT2D eigenvalue weighted by atomic mass is 9.84. The van der Waals surface area contributed by atoms with Crippen LogP contribution in [0, 0.1) is 5.92 Å². The molecule has 0 bridgehead atoms. The van der Waals surface area contributed by atoms with Crippen LogP contribution in [-0.2, 0) is 14.9 Å². The fourth-order valence-corrected chi connectivity index (χ4v) is 2.76. The van der Waals surface area contributed by atoms with Crippen molar-refractivity contribution in [1.82, 2.24) is 0 Å². The first-order chi connectivity index (χ1) is 11.5. The van der Waals surface area contributed by atoms with E-state index < -0.39 is 10.1 Å². The van der Waals surface area contributed by atoms with Gasteiger partial charge in [0.2, 0.25) is 0 Å². The molecular formula is C17H25N3O4S. The maximum atomic E-state index is 12.0. The average molecular weight is 367 g/mol. The Morgan fingerprint density at radius 2 is 1.84 bits per heavy atom. The summed E-state index contributed by atoms with van der Waals surface area (Å²) in [5.74, 6) is 0.465. The van der Waals surface area contributed by atoms with Crippen molar-refractivity contribution in [3.8, 4) is 0 Å². The molecule has 1 unspecified atom stereocenters. The number of aliphatic imine (C=N–C) groups is 1. The lowest BCUT2D eigenvalue weighted by Gasteiger charge is -2.21. The number of carbonyl (C=O) groups is 1. The summed E-state index contributed by atoms with van der Waals surface area (Å²) in [5.41, 5.74) is 13.6. The molecule has 1 aromatic rings. The van der Waals surface area contributed by atoms with Crippen molar-refractivity contribution >= 4 is 28.1 Å². The van der Waals surface area contributed by atoms with Gasteiger partial charge in [0.1, 0.15) is 0 Å². The van der Waals surface area contributed by atoms with Gasteiger partial charge in [-0.15, -0.1) is 0 Å². The number of nitrogens with zero attached hydrogens (tertiary/aromatic N) is 1. The van der Waals surface area contributed by atoms with Crippen LogP contribution in [0.4, 0.5) is 0 Å². The van der Waals surface area contributed by atoms with E-state index in [0.717, 1.165) is 12.0 Å². The Morgan fingerprint density at radius 1 is 1.28 bits per heavy atom. The molecule has 8 heteroatoms. The Morgan fingerprint density at radius 3 is 2.36 bits per heavy atom. The van der Waals surface area contributed by atoms with Crippen molar-refractivity contribution in [3.63, 3.8) is 0 Å². The molecule has 0 fully saturated rings. The van der Waals surface area contributed by atoms with Gasteiger partial charge in [0, 0.05) is 5.57 Å². The Hall–Kier alpha value is -2.19. The molecule has 5 N–H and O–H groups in total. The van der Waals surface area contributed by atoms with Gasteiger partial charge < -0.3 is 11.5 Å². The van der Waals surface area contributed by atoms with Crippen LogP contribution in [0.25, 0.3) is 6.08 Å². The molecule has 25 heavy (non-hydrogen) atoms. The largest absolute Gasteiger partial charge is 0.370 e. The van der Waals surface area contributed by atoms with Gasteiger partial charge in [-0.05, 0) is 41.9 Å². The van der Waals surface area contributed by atoms with E-state index in [2.05, 4.69) is 24.9 Å². The fourth-order valence-electron chi connectivity index (χ4n) is 2.76. The number of amides is 1. The van der Waals surface area contributed by atoms with Gasteiger partial charge in [0.15, 0.2) is 5.96 Å². The quantitative estimate of drug-likeness (QED) is 0.415. The van der Waals surface area contributed by atoms with Gasteiger partial charge in [-0.3, -0.25) is 9.35 Å². The van der Waals surface area contributed by atoms with Crippen LogP contribution >= 0.6 is 0 Å². The molecule has 0 aliphatic heterocycles. The molecule has 0 saturated heterocycles. The predicted molar refractivity (Wildman–Crippen MR) is 99.5 cm³/mol. The smallest absolute Gasteiger partial charge is 0.276 e. The Bertz CT molecular complexity index is 771. The third-order valence-corrected chi connectivity index (χ3v) is 3.76. The van der Waals surface area contributed by atoms with E-state index in [4.69, 9.17) is 16.0 Å². The van der Waals surface area contributed by atoms with E-state index in [9.17, 15) is 13.2 Å². The second kappa shape index (κ2) is 8.77. The highest BCUT2D eigenvalue weighted by Gasteiger charge is 2.23. The van der Waals surface area contributed by atoms with E-state index in [-0.39, 0.29) is 11.9 Å². The lowest BCUT2D eigenvalue weighted by Crippen LogP contribution is -2.24. The summed E-state index contributed by atoms with van der Waals surface area (Å²) in [6.07, 6.45) is 4.28. The highest BCUT2D eigenvalue weighted by Crippen LogP contribution is 2.36. The van der Waals surface area contributed by atoms with Gasteiger partial charge in [0.05, 0.1) is 6.26 Å². The summed E-state index contributed by atoms with van der Waals surface area (Å²) in [5, 5.41) is 0. The predicted octanol–water partition coefficient (Wildman–Crippen LogP) is 1.91. The minimum atomic E-state index is -3.67.